The molecule has 9 heteroatoms. The summed E-state index contributed by atoms with van der Waals surface area (Å²) in [4.78, 5) is 13.3. The average molecular weight is 381 g/mol. The molecule has 0 aliphatic carbocycles. The van der Waals surface area contributed by atoms with Gasteiger partial charge in [0.05, 0.1) is 17.5 Å². The van der Waals surface area contributed by atoms with E-state index >= 15 is 0 Å². The van der Waals surface area contributed by atoms with Crippen LogP contribution in [0.2, 0.25) is 0 Å². The van der Waals surface area contributed by atoms with Crippen LogP contribution in [0.1, 0.15) is 12.8 Å². The molecule has 3 aromatic heterocycles. The molecule has 0 saturated carbocycles. The van der Waals surface area contributed by atoms with Crippen molar-refractivity contribution in [3.63, 3.8) is 0 Å². The highest BCUT2D eigenvalue weighted by Crippen LogP contribution is 2.35. The van der Waals surface area contributed by atoms with E-state index in [2.05, 4.69) is 31.6 Å². The summed E-state index contributed by atoms with van der Waals surface area (Å²) >= 11 is 1.56. The molecule has 1 aliphatic heterocycles. The minimum atomic E-state index is 0.237. The van der Waals surface area contributed by atoms with Crippen molar-refractivity contribution < 1.29 is 14.0 Å². The molecule has 1 aromatic carbocycles. The number of aryl methyl sites for hydroxylation is 1. The minimum Gasteiger partial charge on any atom is -0.454 e. The summed E-state index contributed by atoms with van der Waals surface area (Å²) < 4.78 is 18.3. The number of rotatable bonds is 5. The number of ether oxygens (including phenoxy) is 2. The molecule has 0 spiro atoms. The molecule has 0 atom stereocenters. The molecule has 0 bridgehead atoms. The molecule has 0 amide bonds. The molecule has 0 unspecified atom stereocenters. The lowest BCUT2D eigenvalue weighted by Gasteiger charge is -2.03. The Morgan fingerprint density at radius 2 is 2.07 bits per heavy atom. The van der Waals surface area contributed by atoms with Crippen molar-refractivity contribution >= 4 is 22.8 Å². The van der Waals surface area contributed by atoms with Crippen LogP contribution in [0.4, 0.5) is 0 Å². The number of hydrogen-bond donors (Lipinski definition) is 0. The Morgan fingerprint density at radius 3 is 3.00 bits per heavy atom. The zero-order valence-corrected chi connectivity index (χ0v) is 15.3. The molecule has 4 heterocycles. The SMILES string of the molecule is CCn1c(SCc2nc(-c3ccc4c(c3)OCO4)no2)nc2cnccc21. The first-order valence-corrected chi connectivity index (χ1v) is 9.46. The first kappa shape index (κ1) is 16.1. The maximum Gasteiger partial charge on any atom is 0.237 e. The first-order chi connectivity index (χ1) is 13.3. The van der Waals surface area contributed by atoms with Crippen LogP contribution in [0.15, 0.2) is 46.3 Å². The second-order valence-electron chi connectivity index (χ2n) is 5.87. The van der Waals surface area contributed by atoms with Crippen LogP contribution in [-0.2, 0) is 12.3 Å². The smallest absolute Gasteiger partial charge is 0.237 e. The van der Waals surface area contributed by atoms with Gasteiger partial charge in [-0.05, 0) is 31.2 Å². The molecule has 8 nitrogen and oxygen atoms in total. The van der Waals surface area contributed by atoms with Crippen molar-refractivity contribution in [1.82, 2.24) is 24.7 Å². The number of nitrogens with zero attached hydrogens (tertiary/aromatic N) is 5. The van der Waals surface area contributed by atoms with Crippen molar-refractivity contribution in [2.24, 2.45) is 0 Å². The van der Waals surface area contributed by atoms with Crippen molar-refractivity contribution in [2.45, 2.75) is 24.4 Å². The van der Waals surface area contributed by atoms with Gasteiger partial charge in [-0.15, -0.1) is 0 Å². The molecule has 0 saturated heterocycles. The van der Waals surface area contributed by atoms with Gasteiger partial charge in [0.1, 0.15) is 5.52 Å². The average Bonchev–Trinajstić information content (AvgIpc) is 3.42. The van der Waals surface area contributed by atoms with E-state index < -0.39 is 0 Å². The predicted molar refractivity (Wildman–Crippen MR) is 98.6 cm³/mol. The normalized spacial score (nSPS) is 12.8. The Balaban J connectivity index is 1.36. The molecular weight excluding hydrogens is 366 g/mol. The van der Waals surface area contributed by atoms with Gasteiger partial charge >= 0.3 is 0 Å². The summed E-state index contributed by atoms with van der Waals surface area (Å²) in [6.07, 6.45) is 3.55. The van der Waals surface area contributed by atoms with E-state index in [1.165, 1.54) is 0 Å². The van der Waals surface area contributed by atoms with Gasteiger partial charge in [-0.3, -0.25) is 4.98 Å². The second kappa shape index (κ2) is 6.58. The van der Waals surface area contributed by atoms with Crippen LogP contribution in [0, 0.1) is 0 Å². The Morgan fingerprint density at radius 1 is 1.15 bits per heavy atom. The fraction of sp³-hybridized carbons (Fsp3) is 0.222. The van der Waals surface area contributed by atoms with E-state index in [4.69, 9.17) is 14.0 Å². The van der Waals surface area contributed by atoms with E-state index in [1.54, 1.807) is 24.2 Å². The number of aromatic nitrogens is 5. The molecular formula is C18H15N5O3S. The van der Waals surface area contributed by atoms with Gasteiger partial charge in [-0.25, -0.2) is 4.98 Å². The molecule has 4 aromatic rings. The third-order valence-corrected chi connectivity index (χ3v) is 5.22. The van der Waals surface area contributed by atoms with E-state index in [0.717, 1.165) is 34.0 Å². The molecule has 0 N–H and O–H groups in total. The van der Waals surface area contributed by atoms with Gasteiger partial charge in [-0.2, -0.15) is 4.98 Å². The van der Waals surface area contributed by atoms with Crippen LogP contribution in [0.5, 0.6) is 11.5 Å². The minimum absolute atomic E-state index is 0.237. The zero-order chi connectivity index (χ0) is 18.2. The quantitative estimate of drug-likeness (QED) is 0.485. The topological polar surface area (TPSA) is 88.1 Å². The molecule has 0 fully saturated rings. The fourth-order valence-electron chi connectivity index (χ4n) is 2.97. The van der Waals surface area contributed by atoms with E-state index in [9.17, 15) is 0 Å². The van der Waals surface area contributed by atoms with Crippen LogP contribution in [-0.4, -0.2) is 31.5 Å². The lowest BCUT2D eigenvalue weighted by atomic mass is 10.2. The zero-order valence-electron chi connectivity index (χ0n) is 14.5. The number of imidazole rings is 1. The van der Waals surface area contributed by atoms with Gasteiger partial charge in [0.15, 0.2) is 16.7 Å². The lowest BCUT2D eigenvalue weighted by molar-refractivity contribution is 0.174. The van der Waals surface area contributed by atoms with Crippen molar-refractivity contribution in [1.29, 1.82) is 0 Å². The van der Waals surface area contributed by atoms with Crippen molar-refractivity contribution in [2.75, 3.05) is 6.79 Å². The molecule has 136 valence electrons. The summed E-state index contributed by atoms with van der Waals surface area (Å²) in [7, 11) is 0. The van der Waals surface area contributed by atoms with Gasteiger partial charge in [0, 0.05) is 18.3 Å². The second-order valence-corrected chi connectivity index (χ2v) is 6.81. The highest BCUT2D eigenvalue weighted by Gasteiger charge is 2.17. The van der Waals surface area contributed by atoms with E-state index in [1.807, 2.05) is 24.3 Å². The Hall–Kier alpha value is -3.07. The third kappa shape index (κ3) is 2.89. The van der Waals surface area contributed by atoms with Crippen LogP contribution < -0.4 is 9.47 Å². The Labute approximate surface area is 158 Å². The number of hydrogen-bond acceptors (Lipinski definition) is 8. The number of fused-ring (bicyclic) bond motifs is 2. The standard InChI is InChI=1S/C18H15N5O3S/c1-2-23-13-5-6-19-8-12(13)20-18(23)27-9-16-21-17(22-26-16)11-3-4-14-15(7-11)25-10-24-14/h3-8H,2,9-10H2,1H3. The highest BCUT2D eigenvalue weighted by atomic mass is 32.2. The molecule has 0 radical (unpaired) electrons. The van der Waals surface area contributed by atoms with Crippen molar-refractivity contribution in [3.8, 4) is 22.9 Å². The molecule has 27 heavy (non-hydrogen) atoms. The van der Waals surface area contributed by atoms with Crippen LogP contribution in [0.3, 0.4) is 0 Å². The summed E-state index contributed by atoms with van der Waals surface area (Å²) in [5.74, 6) is 3.02. The van der Waals surface area contributed by atoms with Gasteiger partial charge in [-0.1, -0.05) is 16.9 Å². The summed E-state index contributed by atoms with van der Waals surface area (Å²) in [5.41, 5.74) is 2.78. The lowest BCUT2D eigenvalue weighted by Crippen LogP contribution is -1.96. The van der Waals surface area contributed by atoms with E-state index in [-0.39, 0.29) is 6.79 Å². The Kier molecular flexibility index (Phi) is 3.93. The monoisotopic (exact) mass is 381 g/mol. The number of benzene rings is 1. The highest BCUT2D eigenvalue weighted by molar-refractivity contribution is 7.98. The fourth-order valence-corrected chi connectivity index (χ4v) is 3.88. The summed E-state index contributed by atoms with van der Waals surface area (Å²) in [6.45, 7) is 3.16. The van der Waals surface area contributed by atoms with Crippen LogP contribution in [0.25, 0.3) is 22.4 Å². The van der Waals surface area contributed by atoms with Crippen LogP contribution >= 0.6 is 11.8 Å². The van der Waals surface area contributed by atoms with Crippen molar-refractivity contribution in [3.05, 3.63) is 42.5 Å². The third-order valence-electron chi connectivity index (χ3n) is 4.26. The summed E-state index contributed by atoms with van der Waals surface area (Å²) in [5, 5.41) is 4.98. The largest absolute Gasteiger partial charge is 0.454 e. The first-order valence-electron chi connectivity index (χ1n) is 8.47. The van der Waals surface area contributed by atoms with E-state index in [0.29, 0.717) is 23.2 Å². The van der Waals surface area contributed by atoms with Gasteiger partial charge in [0.25, 0.3) is 0 Å². The Bertz CT molecular complexity index is 1120. The summed E-state index contributed by atoms with van der Waals surface area (Å²) in [6, 6.07) is 7.56. The van der Waals surface area contributed by atoms with Gasteiger partial charge in [0.2, 0.25) is 18.5 Å². The predicted octanol–water partition coefficient (Wildman–Crippen LogP) is 3.52. The number of pyridine rings is 1. The maximum atomic E-state index is 5.40. The maximum absolute atomic E-state index is 5.40. The van der Waals surface area contributed by atoms with Gasteiger partial charge < -0.3 is 18.6 Å². The number of thioether (sulfide) groups is 1. The molecule has 5 rings (SSSR count). The molecule has 1 aliphatic rings.